The Bertz CT molecular complexity index is 1840. The van der Waals surface area contributed by atoms with Crippen LogP contribution < -0.4 is 0 Å². The van der Waals surface area contributed by atoms with Crippen molar-refractivity contribution >= 4 is 39.5 Å². The molecule has 0 rings (SSSR count). The van der Waals surface area contributed by atoms with Gasteiger partial charge in [-0.3, -0.25) is 37.3 Å². The zero-order valence-electron chi connectivity index (χ0n) is 62.5. The van der Waals surface area contributed by atoms with E-state index >= 15 is 0 Å². The Kier molecular flexibility index (Phi) is 68.7. The second-order valence-corrected chi connectivity index (χ2v) is 31.1. The van der Waals surface area contributed by atoms with Crippen LogP contribution in [0.3, 0.4) is 0 Å². The number of phosphoric acid groups is 2. The Morgan fingerprint density at radius 1 is 0.281 bits per heavy atom. The number of carbonyl (C=O) groups is 4. The molecular formula is C77H150O17P2. The average Bonchev–Trinajstić information content (AvgIpc) is 3.14. The highest BCUT2D eigenvalue weighted by atomic mass is 31.2. The topological polar surface area (TPSA) is 237 Å². The Labute approximate surface area is 588 Å². The first-order chi connectivity index (χ1) is 46.5. The first-order valence-corrected chi connectivity index (χ1v) is 43.1. The summed E-state index contributed by atoms with van der Waals surface area (Å²) in [5.74, 6) is -1.32. The van der Waals surface area contributed by atoms with Gasteiger partial charge < -0.3 is 33.8 Å². The predicted molar refractivity (Wildman–Crippen MR) is 391 cm³/mol. The highest BCUT2D eigenvalue weighted by Crippen LogP contribution is 2.45. The molecule has 0 aliphatic heterocycles. The van der Waals surface area contributed by atoms with E-state index in [2.05, 4.69) is 34.6 Å². The zero-order chi connectivity index (χ0) is 70.5. The minimum atomic E-state index is -4.96. The fourth-order valence-electron chi connectivity index (χ4n) is 11.9. The zero-order valence-corrected chi connectivity index (χ0v) is 64.3. The lowest BCUT2D eigenvalue weighted by atomic mass is 10.0. The molecule has 5 atom stereocenters. The van der Waals surface area contributed by atoms with Crippen LogP contribution in [0.2, 0.25) is 0 Å². The summed E-state index contributed by atoms with van der Waals surface area (Å²) in [6.45, 7) is 7.30. The standard InChI is InChI=1S/C77H150O17P2/c1-6-9-12-15-18-21-23-24-25-26-27-28-29-30-33-38-43-48-53-58-63-77(82)94-73(67-88-75(80)61-56-51-46-41-37-34-31-32-36-40-44-49-54-59-70(4)5)69-92-96(85,86)90-65-71(78)64-89-95(83,84)91-68-72(66-87-74(79)60-55-50-45-39-20-17-14-11-8-3)93-76(81)62-57-52-47-42-35-22-19-16-13-10-7-2/h70-73,78H,6-69H2,1-5H3,(H,83,84)(H,85,86)/t71-,72+,73+/m0/s1. The summed E-state index contributed by atoms with van der Waals surface area (Å²) in [6.07, 6.45) is 59.7. The maximum atomic E-state index is 13.1. The Hall–Kier alpha value is -1.94. The molecule has 0 saturated carbocycles. The second-order valence-electron chi connectivity index (χ2n) is 28.2. The lowest BCUT2D eigenvalue weighted by Gasteiger charge is -2.21. The first-order valence-electron chi connectivity index (χ1n) is 40.1. The monoisotopic (exact) mass is 1410 g/mol. The quantitative estimate of drug-likeness (QED) is 0.0222. The van der Waals surface area contributed by atoms with E-state index < -0.39 is 97.5 Å². The number of hydrogen-bond donors (Lipinski definition) is 3. The lowest BCUT2D eigenvalue weighted by molar-refractivity contribution is -0.161. The van der Waals surface area contributed by atoms with Gasteiger partial charge >= 0.3 is 39.5 Å². The number of esters is 4. The third-order valence-electron chi connectivity index (χ3n) is 18.0. The van der Waals surface area contributed by atoms with E-state index in [9.17, 15) is 43.2 Å². The summed E-state index contributed by atoms with van der Waals surface area (Å²) in [4.78, 5) is 72.8. The summed E-state index contributed by atoms with van der Waals surface area (Å²) < 4.78 is 68.5. The number of rotatable bonds is 77. The molecule has 19 heteroatoms. The molecule has 570 valence electrons. The van der Waals surface area contributed by atoms with Gasteiger partial charge in [-0.1, -0.05) is 356 Å². The van der Waals surface area contributed by atoms with Crippen LogP contribution in [0.25, 0.3) is 0 Å². The van der Waals surface area contributed by atoms with Crippen LogP contribution in [0.1, 0.15) is 407 Å². The summed E-state index contributed by atoms with van der Waals surface area (Å²) >= 11 is 0. The number of carbonyl (C=O) groups excluding carboxylic acids is 4. The molecule has 0 fully saturated rings. The van der Waals surface area contributed by atoms with Crippen LogP contribution in [-0.4, -0.2) is 96.7 Å². The minimum absolute atomic E-state index is 0.107. The van der Waals surface area contributed by atoms with Crippen LogP contribution in [-0.2, 0) is 65.4 Å². The van der Waals surface area contributed by atoms with Gasteiger partial charge in [0.05, 0.1) is 26.4 Å². The maximum Gasteiger partial charge on any atom is 0.472 e. The summed E-state index contributed by atoms with van der Waals surface area (Å²) in [5.41, 5.74) is 0. The molecule has 0 bridgehead atoms. The fraction of sp³-hybridized carbons (Fsp3) is 0.948. The first kappa shape index (κ1) is 94.1. The summed E-state index contributed by atoms with van der Waals surface area (Å²) in [6, 6.07) is 0. The van der Waals surface area contributed by atoms with Crippen LogP contribution in [0.15, 0.2) is 0 Å². The summed E-state index contributed by atoms with van der Waals surface area (Å²) in [5, 5.41) is 10.6. The van der Waals surface area contributed by atoms with E-state index in [0.29, 0.717) is 25.7 Å². The molecule has 0 amide bonds. The lowest BCUT2D eigenvalue weighted by Crippen LogP contribution is -2.30. The van der Waals surface area contributed by atoms with Gasteiger partial charge in [-0.15, -0.1) is 0 Å². The van der Waals surface area contributed by atoms with Crippen LogP contribution in [0, 0.1) is 5.92 Å². The smallest absolute Gasteiger partial charge is 0.462 e. The fourth-order valence-corrected chi connectivity index (χ4v) is 13.5. The molecule has 0 aromatic rings. The van der Waals surface area contributed by atoms with Gasteiger partial charge in [0.2, 0.25) is 0 Å². The molecule has 0 heterocycles. The normalized spacial score (nSPS) is 13.9. The highest BCUT2D eigenvalue weighted by Gasteiger charge is 2.30. The molecule has 0 spiro atoms. The van der Waals surface area contributed by atoms with Crippen LogP contribution in [0.5, 0.6) is 0 Å². The van der Waals surface area contributed by atoms with Gasteiger partial charge in [-0.05, 0) is 31.6 Å². The Balaban J connectivity index is 5.20. The van der Waals surface area contributed by atoms with Crippen molar-refractivity contribution in [2.45, 2.75) is 425 Å². The van der Waals surface area contributed by atoms with Crippen molar-refractivity contribution in [3.8, 4) is 0 Å². The van der Waals surface area contributed by atoms with E-state index in [1.165, 1.54) is 231 Å². The number of ether oxygens (including phenoxy) is 4. The largest absolute Gasteiger partial charge is 0.472 e. The van der Waals surface area contributed by atoms with Crippen molar-refractivity contribution in [1.82, 2.24) is 0 Å². The van der Waals surface area contributed by atoms with Crippen molar-refractivity contribution in [3.05, 3.63) is 0 Å². The van der Waals surface area contributed by atoms with Crippen molar-refractivity contribution in [2.24, 2.45) is 5.92 Å². The van der Waals surface area contributed by atoms with Gasteiger partial charge in [-0.25, -0.2) is 9.13 Å². The van der Waals surface area contributed by atoms with Crippen LogP contribution in [0.4, 0.5) is 0 Å². The SMILES string of the molecule is CCCCCCCCCCCCCCCCCCCCCCC(=O)O[C@H](COC(=O)CCCCCCCCCCCCCCCC(C)C)COP(=O)(O)OC[C@@H](O)COP(=O)(O)OC[C@@H](COC(=O)CCCCCCCCCCC)OC(=O)CCCCCCCCCCCCC. The number of aliphatic hydroxyl groups excluding tert-OH is 1. The van der Waals surface area contributed by atoms with Crippen molar-refractivity contribution in [3.63, 3.8) is 0 Å². The minimum Gasteiger partial charge on any atom is -0.462 e. The van der Waals surface area contributed by atoms with Gasteiger partial charge in [0.25, 0.3) is 0 Å². The van der Waals surface area contributed by atoms with Gasteiger partial charge in [0.1, 0.15) is 19.3 Å². The Morgan fingerprint density at radius 2 is 0.479 bits per heavy atom. The number of aliphatic hydroxyl groups is 1. The number of unbranched alkanes of at least 4 members (excludes halogenated alkanes) is 49. The van der Waals surface area contributed by atoms with Gasteiger partial charge in [-0.2, -0.15) is 0 Å². The molecule has 3 N–H and O–H groups in total. The molecule has 0 aliphatic rings. The van der Waals surface area contributed by atoms with Gasteiger partial charge in [0, 0.05) is 25.7 Å². The third kappa shape index (κ3) is 70.5. The van der Waals surface area contributed by atoms with E-state index in [0.717, 1.165) is 95.8 Å². The maximum absolute atomic E-state index is 13.1. The average molecular weight is 1410 g/mol. The highest BCUT2D eigenvalue weighted by molar-refractivity contribution is 7.47. The van der Waals surface area contributed by atoms with Crippen molar-refractivity contribution < 1.29 is 80.2 Å². The van der Waals surface area contributed by atoms with E-state index in [-0.39, 0.29) is 25.7 Å². The van der Waals surface area contributed by atoms with Crippen LogP contribution >= 0.6 is 15.6 Å². The predicted octanol–water partition coefficient (Wildman–Crippen LogP) is 22.9. The second kappa shape index (κ2) is 70.1. The molecule has 0 saturated heterocycles. The Morgan fingerprint density at radius 3 is 0.708 bits per heavy atom. The molecule has 0 aromatic heterocycles. The molecule has 0 aliphatic carbocycles. The molecule has 17 nitrogen and oxygen atoms in total. The number of hydrogen-bond acceptors (Lipinski definition) is 15. The molecule has 0 radical (unpaired) electrons. The van der Waals surface area contributed by atoms with E-state index in [1.54, 1.807) is 0 Å². The molecule has 2 unspecified atom stereocenters. The van der Waals surface area contributed by atoms with Crippen molar-refractivity contribution in [1.29, 1.82) is 0 Å². The molecule has 96 heavy (non-hydrogen) atoms. The van der Waals surface area contributed by atoms with E-state index in [4.69, 9.17) is 37.0 Å². The van der Waals surface area contributed by atoms with Crippen molar-refractivity contribution in [2.75, 3.05) is 39.6 Å². The third-order valence-corrected chi connectivity index (χ3v) is 19.9. The van der Waals surface area contributed by atoms with E-state index in [1.807, 2.05) is 0 Å². The molecule has 0 aromatic carbocycles. The summed E-state index contributed by atoms with van der Waals surface area (Å²) in [7, 11) is -9.91. The van der Waals surface area contributed by atoms with Gasteiger partial charge in [0.15, 0.2) is 12.2 Å². The number of phosphoric ester groups is 2. The molecular weight excluding hydrogens is 1260 g/mol.